The van der Waals surface area contributed by atoms with Crippen LogP contribution >= 0.6 is 15.9 Å². The number of nitrogen functional groups attached to an aromatic ring is 1. The maximum Gasteiger partial charge on any atom is 0.262 e. The molecular weight excluding hydrogens is 356 g/mol. The molecule has 0 aliphatic rings. The van der Waals surface area contributed by atoms with Crippen molar-refractivity contribution >= 4 is 37.3 Å². The minimum atomic E-state index is -3.78. The van der Waals surface area contributed by atoms with Crippen molar-refractivity contribution in [2.75, 3.05) is 10.5 Å². The number of benzene rings is 2. The van der Waals surface area contributed by atoms with Gasteiger partial charge in [-0.3, -0.25) is 4.72 Å². The number of nitrogens with two attached hydrogens (primary N) is 1. The first-order valence-electron chi connectivity index (χ1n) is 6.09. The molecule has 0 aromatic heterocycles. The first kappa shape index (κ1) is 15.7. The molecule has 0 bridgehead atoms. The Morgan fingerprint density at radius 1 is 1.19 bits per heavy atom. The van der Waals surface area contributed by atoms with Crippen molar-refractivity contribution in [3.63, 3.8) is 0 Å². The molecule has 0 aliphatic carbocycles. The van der Waals surface area contributed by atoms with Gasteiger partial charge < -0.3 is 10.8 Å². The third-order valence-corrected chi connectivity index (χ3v) is 4.95. The molecule has 4 N–H and O–H groups in total. The Morgan fingerprint density at radius 3 is 2.43 bits per heavy atom. The van der Waals surface area contributed by atoms with Gasteiger partial charge in [0.25, 0.3) is 10.0 Å². The minimum absolute atomic E-state index is 0.00956. The first-order chi connectivity index (χ1) is 9.70. The van der Waals surface area contributed by atoms with Crippen LogP contribution in [-0.4, -0.2) is 13.5 Å². The molecule has 0 spiro atoms. The number of hydrogen-bond acceptors (Lipinski definition) is 4. The van der Waals surface area contributed by atoms with Crippen molar-refractivity contribution in [3.05, 3.63) is 45.9 Å². The number of anilines is 2. The molecule has 5 nitrogen and oxygen atoms in total. The lowest BCUT2D eigenvalue weighted by molar-refractivity contribution is 0.477. The summed E-state index contributed by atoms with van der Waals surface area (Å²) in [6, 6.07) is 7.48. The summed E-state index contributed by atoms with van der Waals surface area (Å²) in [5.74, 6) is -0.151. The van der Waals surface area contributed by atoms with Crippen LogP contribution in [0.3, 0.4) is 0 Å². The summed E-state index contributed by atoms with van der Waals surface area (Å²) in [5.41, 5.74) is 7.86. The van der Waals surface area contributed by atoms with Gasteiger partial charge in [0, 0.05) is 4.47 Å². The highest BCUT2D eigenvalue weighted by Crippen LogP contribution is 2.31. The van der Waals surface area contributed by atoms with Crippen molar-refractivity contribution in [3.8, 4) is 5.75 Å². The Labute approximate surface area is 132 Å². The second-order valence-corrected chi connectivity index (χ2v) is 7.30. The number of halogens is 1. The van der Waals surface area contributed by atoms with Crippen LogP contribution < -0.4 is 10.5 Å². The van der Waals surface area contributed by atoms with Crippen molar-refractivity contribution < 1.29 is 13.5 Å². The lowest BCUT2D eigenvalue weighted by atomic mass is 10.1. The number of nitrogens with one attached hydrogen (secondary N) is 1. The molecule has 112 valence electrons. The molecule has 0 amide bonds. The lowest BCUT2D eigenvalue weighted by Gasteiger charge is -2.14. The van der Waals surface area contributed by atoms with Crippen LogP contribution in [0.25, 0.3) is 0 Å². The van der Waals surface area contributed by atoms with Gasteiger partial charge in [-0.05, 0) is 65.2 Å². The van der Waals surface area contributed by atoms with Crippen molar-refractivity contribution in [2.24, 2.45) is 0 Å². The quantitative estimate of drug-likeness (QED) is 0.571. The molecule has 0 atom stereocenters. The van der Waals surface area contributed by atoms with Gasteiger partial charge in [-0.25, -0.2) is 8.42 Å². The van der Waals surface area contributed by atoms with E-state index >= 15 is 0 Å². The van der Waals surface area contributed by atoms with E-state index in [9.17, 15) is 13.5 Å². The molecule has 0 unspecified atom stereocenters. The van der Waals surface area contributed by atoms with E-state index in [0.717, 1.165) is 11.1 Å². The Bertz CT molecular complexity index is 781. The number of aryl methyl sites for hydroxylation is 2. The average Bonchev–Trinajstić information content (AvgIpc) is 2.37. The van der Waals surface area contributed by atoms with Crippen molar-refractivity contribution in [2.45, 2.75) is 18.7 Å². The van der Waals surface area contributed by atoms with Gasteiger partial charge in [-0.2, -0.15) is 0 Å². The highest BCUT2D eigenvalue weighted by atomic mass is 79.9. The zero-order valence-corrected chi connectivity index (χ0v) is 13.9. The van der Waals surface area contributed by atoms with E-state index in [4.69, 9.17) is 5.73 Å². The van der Waals surface area contributed by atoms with E-state index in [1.165, 1.54) is 18.2 Å². The Kier molecular flexibility index (Phi) is 4.15. The summed E-state index contributed by atoms with van der Waals surface area (Å²) >= 11 is 3.36. The van der Waals surface area contributed by atoms with E-state index in [0.29, 0.717) is 10.2 Å². The summed E-state index contributed by atoms with van der Waals surface area (Å²) in [6.45, 7) is 3.75. The Hall–Kier alpha value is -1.73. The average molecular weight is 371 g/mol. The predicted octanol–water partition coefficient (Wildman–Crippen LogP) is 3.15. The molecule has 2 aromatic rings. The monoisotopic (exact) mass is 370 g/mol. The van der Waals surface area contributed by atoms with Crippen LogP contribution in [0.15, 0.2) is 39.7 Å². The summed E-state index contributed by atoms with van der Waals surface area (Å²) in [7, 11) is -3.78. The minimum Gasteiger partial charge on any atom is -0.506 e. The van der Waals surface area contributed by atoms with Crippen LogP contribution in [0.5, 0.6) is 5.75 Å². The summed E-state index contributed by atoms with van der Waals surface area (Å²) < 4.78 is 28.0. The third-order valence-electron chi connectivity index (χ3n) is 2.98. The fourth-order valence-corrected chi connectivity index (χ4v) is 4.03. The van der Waals surface area contributed by atoms with Crippen LogP contribution in [0.2, 0.25) is 0 Å². The van der Waals surface area contributed by atoms with E-state index in [1.54, 1.807) is 0 Å². The van der Waals surface area contributed by atoms with Crippen molar-refractivity contribution in [1.29, 1.82) is 0 Å². The molecule has 0 radical (unpaired) electrons. The molecule has 21 heavy (non-hydrogen) atoms. The van der Waals surface area contributed by atoms with Gasteiger partial charge in [0.15, 0.2) is 0 Å². The number of rotatable bonds is 3. The van der Waals surface area contributed by atoms with Gasteiger partial charge in [-0.15, -0.1) is 0 Å². The Morgan fingerprint density at radius 2 is 1.86 bits per heavy atom. The summed E-state index contributed by atoms with van der Waals surface area (Å²) in [5, 5.41) is 9.37. The zero-order chi connectivity index (χ0) is 15.8. The molecular formula is C14H15BrN2O3S. The molecule has 0 saturated carbocycles. The fraction of sp³-hybridized carbons (Fsp3) is 0.143. The van der Waals surface area contributed by atoms with Crippen LogP contribution in [0.1, 0.15) is 11.1 Å². The standard InChI is InChI=1S/C14H15BrN2O3S/c1-8-5-9(2)14(11(15)6-8)17-21(19,20)10-3-4-13(18)12(16)7-10/h3-7,17-18H,16H2,1-2H3. The lowest BCUT2D eigenvalue weighted by Crippen LogP contribution is -2.14. The molecule has 0 aliphatic heterocycles. The molecule has 7 heteroatoms. The number of phenolic OH excluding ortho intramolecular Hbond substituents is 1. The smallest absolute Gasteiger partial charge is 0.262 e. The molecule has 0 fully saturated rings. The zero-order valence-electron chi connectivity index (χ0n) is 11.5. The van der Waals surface area contributed by atoms with E-state index in [-0.39, 0.29) is 16.3 Å². The predicted molar refractivity (Wildman–Crippen MR) is 86.9 cm³/mol. The van der Waals surface area contributed by atoms with Gasteiger partial charge in [0.05, 0.1) is 16.3 Å². The number of phenols is 1. The van der Waals surface area contributed by atoms with E-state index in [1.807, 2.05) is 26.0 Å². The fourth-order valence-electron chi connectivity index (χ4n) is 1.94. The number of aromatic hydroxyl groups is 1. The second kappa shape index (κ2) is 5.57. The molecule has 2 rings (SSSR count). The van der Waals surface area contributed by atoms with Crippen LogP contribution in [-0.2, 0) is 10.0 Å². The molecule has 0 heterocycles. The van der Waals surface area contributed by atoms with Crippen LogP contribution in [0, 0.1) is 13.8 Å². The van der Waals surface area contributed by atoms with Crippen molar-refractivity contribution in [1.82, 2.24) is 0 Å². The van der Waals surface area contributed by atoms with Gasteiger partial charge in [0.1, 0.15) is 5.75 Å². The Balaban J connectivity index is 2.44. The molecule has 2 aromatic carbocycles. The topological polar surface area (TPSA) is 92.4 Å². The first-order valence-corrected chi connectivity index (χ1v) is 8.36. The summed E-state index contributed by atoms with van der Waals surface area (Å²) in [4.78, 5) is -0.00956. The SMILES string of the molecule is Cc1cc(C)c(NS(=O)(=O)c2ccc(O)c(N)c2)c(Br)c1. The summed E-state index contributed by atoms with van der Waals surface area (Å²) in [6.07, 6.45) is 0. The largest absolute Gasteiger partial charge is 0.506 e. The van der Waals surface area contributed by atoms with Gasteiger partial charge in [-0.1, -0.05) is 6.07 Å². The van der Waals surface area contributed by atoms with Gasteiger partial charge in [0.2, 0.25) is 0 Å². The third kappa shape index (κ3) is 3.30. The maximum absolute atomic E-state index is 12.4. The van der Waals surface area contributed by atoms with E-state index in [2.05, 4.69) is 20.7 Å². The number of sulfonamides is 1. The van der Waals surface area contributed by atoms with Crippen LogP contribution in [0.4, 0.5) is 11.4 Å². The van der Waals surface area contributed by atoms with Gasteiger partial charge >= 0.3 is 0 Å². The normalized spacial score (nSPS) is 11.4. The van der Waals surface area contributed by atoms with E-state index < -0.39 is 10.0 Å². The highest BCUT2D eigenvalue weighted by molar-refractivity contribution is 9.10. The number of hydrogen-bond donors (Lipinski definition) is 3. The molecule has 0 saturated heterocycles. The highest BCUT2D eigenvalue weighted by Gasteiger charge is 2.18. The second-order valence-electron chi connectivity index (χ2n) is 4.76. The maximum atomic E-state index is 12.4.